The Bertz CT molecular complexity index is 1690. The van der Waals surface area contributed by atoms with E-state index in [1.54, 1.807) is 48.5 Å². The average molecular weight is 547 g/mol. The van der Waals surface area contributed by atoms with Crippen molar-refractivity contribution < 1.29 is 16.8 Å². The number of hydrogen-bond acceptors (Lipinski definition) is 6. The van der Waals surface area contributed by atoms with E-state index in [0.29, 0.717) is 24.2 Å². The van der Waals surface area contributed by atoms with Gasteiger partial charge in [-0.05, 0) is 65.6 Å². The van der Waals surface area contributed by atoms with Crippen LogP contribution in [-0.2, 0) is 24.5 Å². The third-order valence-corrected chi connectivity index (χ3v) is 10.6. The van der Waals surface area contributed by atoms with E-state index in [1.807, 2.05) is 66.4 Å². The molecule has 8 heteroatoms. The van der Waals surface area contributed by atoms with E-state index in [4.69, 9.17) is 0 Å². The van der Waals surface area contributed by atoms with Crippen LogP contribution in [0.1, 0.15) is 11.1 Å². The van der Waals surface area contributed by atoms with Gasteiger partial charge < -0.3 is 10.2 Å². The molecule has 1 unspecified atom stereocenters. The van der Waals surface area contributed by atoms with Gasteiger partial charge in [0.05, 0.1) is 9.79 Å². The molecular formula is C30H30N2O4S2. The van der Waals surface area contributed by atoms with Crippen LogP contribution in [-0.4, -0.2) is 42.7 Å². The zero-order valence-electron chi connectivity index (χ0n) is 21.3. The summed E-state index contributed by atoms with van der Waals surface area (Å²) in [5, 5.41) is 3.36. The quantitative estimate of drug-likeness (QED) is 0.374. The molecule has 1 fully saturated rings. The van der Waals surface area contributed by atoms with Gasteiger partial charge in [-0.1, -0.05) is 66.7 Å². The lowest BCUT2D eigenvalue weighted by Gasteiger charge is -2.48. The Labute approximate surface area is 224 Å². The zero-order valence-corrected chi connectivity index (χ0v) is 23.0. The molecule has 0 spiro atoms. The van der Waals surface area contributed by atoms with Gasteiger partial charge in [-0.25, -0.2) is 16.8 Å². The van der Waals surface area contributed by atoms with Gasteiger partial charge in [0.2, 0.25) is 9.84 Å². The summed E-state index contributed by atoms with van der Waals surface area (Å²) in [4.78, 5) is 1.02. The fourth-order valence-corrected chi connectivity index (χ4v) is 7.98. The molecule has 0 bridgehead atoms. The molecule has 5 rings (SSSR count). The molecule has 38 heavy (non-hydrogen) atoms. The maximum Gasteiger partial charge on any atom is 0.207 e. The number of benzene rings is 4. The number of nitrogens with one attached hydrogen (secondary N) is 1. The first-order valence-electron chi connectivity index (χ1n) is 12.4. The van der Waals surface area contributed by atoms with Crippen molar-refractivity contribution in [2.75, 3.05) is 30.8 Å². The Hall–Kier alpha value is -3.46. The predicted molar refractivity (Wildman–Crippen MR) is 152 cm³/mol. The van der Waals surface area contributed by atoms with Crippen molar-refractivity contribution in [3.63, 3.8) is 0 Å². The highest BCUT2D eigenvalue weighted by Gasteiger charge is 2.52. The second-order valence-electron chi connectivity index (χ2n) is 9.60. The minimum atomic E-state index is -3.95. The van der Waals surface area contributed by atoms with Crippen LogP contribution in [0.4, 0.5) is 5.69 Å². The fraction of sp³-hybridized carbons (Fsp3) is 0.200. The minimum absolute atomic E-state index is 0.186. The van der Waals surface area contributed by atoms with Crippen LogP contribution in [0, 0.1) is 6.92 Å². The fourth-order valence-electron chi connectivity index (χ4n) is 5.20. The molecule has 0 radical (unpaired) electrons. The molecule has 1 N–H and O–H groups in total. The Morgan fingerprint density at radius 1 is 0.737 bits per heavy atom. The van der Waals surface area contributed by atoms with Gasteiger partial charge in [0.1, 0.15) is 0 Å². The van der Waals surface area contributed by atoms with Crippen LogP contribution in [0.15, 0.2) is 113 Å². The number of piperazine rings is 1. The van der Waals surface area contributed by atoms with E-state index in [0.717, 1.165) is 16.8 Å². The second-order valence-corrected chi connectivity index (χ2v) is 13.8. The lowest BCUT2D eigenvalue weighted by atomic mass is 9.96. The molecule has 0 saturated carbocycles. The third-order valence-electron chi connectivity index (χ3n) is 7.13. The van der Waals surface area contributed by atoms with E-state index < -0.39 is 24.5 Å². The Kier molecular flexibility index (Phi) is 6.90. The molecule has 0 aliphatic carbocycles. The largest absolute Gasteiger partial charge is 0.346 e. The van der Waals surface area contributed by atoms with Gasteiger partial charge in [0.25, 0.3) is 0 Å². The molecule has 0 aromatic heterocycles. The van der Waals surface area contributed by atoms with Gasteiger partial charge in [-0.2, -0.15) is 0 Å². The van der Waals surface area contributed by atoms with Crippen LogP contribution < -0.4 is 10.2 Å². The predicted octanol–water partition coefficient (Wildman–Crippen LogP) is 4.80. The summed E-state index contributed by atoms with van der Waals surface area (Å²) >= 11 is 0. The summed E-state index contributed by atoms with van der Waals surface area (Å²) in [7, 11) is -7.35. The van der Waals surface area contributed by atoms with Crippen LogP contribution in [0.2, 0.25) is 0 Å². The average Bonchev–Trinajstić information content (AvgIpc) is 2.93. The summed E-state index contributed by atoms with van der Waals surface area (Å²) < 4.78 is 53.8. The van der Waals surface area contributed by atoms with E-state index >= 15 is 0 Å². The molecule has 4 aromatic rings. The maximum absolute atomic E-state index is 14.7. The van der Waals surface area contributed by atoms with Crippen molar-refractivity contribution in [1.82, 2.24) is 5.32 Å². The zero-order chi connectivity index (χ0) is 27.0. The molecule has 4 aromatic carbocycles. The Morgan fingerprint density at radius 2 is 1.37 bits per heavy atom. The Balaban J connectivity index is 1.77. The van der Waals surface area contributed by atoms with Gasteiger partial charge in [-0.15, -0.1) is 0 Å². The summed E-state index contributed by atoms with van der Waals surface area (Å²) in [6, 6.07) is 30.6. The van der Waals surface area contributed by atoms with Crippen LogP contribution >= 0.6 is 0 Å². The first kappa shape index (κ1) is 26.2. The number of nitrogens with zero attached hydrogens (tertiary/aromatic N) is 1. The summed E-state index contributed by atoms with van der Waals surface area (Å²) in [5.74, 6) is 0. The molecule has 196 valence electrons. The number of aryl methyl sites for hydroxylation is 1. The van der Waals surface area contributed by atoms with Crippen LogP contribution in [0.5, 0.6) is 0 Å². The van der Waals surface area contributed by atoms with E-state index in [2.05, 4.69) is 5.32 Å². The van der Waals surface area contributed by atoms with Crippen LogP contribution in [0.3, 0.4) is 0 Å². The normalized spacial score (nSPS) is 18.3. The number of hydrogen-bond donors (Lipinski definition) is 1. The number of rotatable bonds is 6. The smallest absolute Gasteiger partial charge is 0.207 e. The van der Waals surface area contributed by atoms with Gasteiger partial charge in [0, 0.05) is 31.6 Å². The lowest BCUT2D eigenvalue weighted by molar-refractivity contribution is 0.419. The number of para-hydroxylation sites is 1. The van der Waals surface area contributed by atoms with Gasteiger partial charge in [-0.3, -0.25) is 0 Å². The SMILES string of the molecule is Cc1ccccc1N1CCNCC1(c1cccc(-c2cccc(S(C)(=O)=O)c2)c1)S(=O)(=O)c1ccccc1. The molecule has 0 amide bonds. The van der Waals surface area contributed by atoms with Gasteiger partial charge >= 0.3 is 0 Å². The van der Waals surface area contributed by atoms with E-state index in [-0.39, 0.29) is 16.3 Å². The molecule has 1 saturated heterocycles. The van der Waals surface area contributed by atoms with Crippen LogP contribution in [0.25, 0.3) is 11.1 Å². The number of anilines is 1. The maximum atomic E-state index is 14.7. The van der Waals surface area contributed by atoms with Crippen molar-refractivity contribution in [3.05, 3.63) is 114 Å². The molecule has 1 aliphatic rings. The van der Waals surface area contributed by atoms with Crippen molar-refractivity contribution in [3.8, 4) is 11.1 Å². The van der Waals surface area contributed by atoms with E-state index in [9.17, 15) is 16.8 Å². The topological polar surface area (TPSA) is 83.6 Å². The van der Waals surface area contributed by atoms with E-state index in [1.165, 1.54) is 6.26 Å². The third kappa shape index (κ3) is 4.53. The molecule has 1 aliphatic heterocycles. The summed E-state index contributed by atoms with van der Waals surface area (Å²) in [6.07, 6.45) is 1.18. The first-order chi connectivity index (χ1) is 18.1. The standard InChI is InChI=1S/C30H30N2O4S2/c1-23-10-6-7-17-29(23)32-19-18-31-22-30(32,38(35,36)27-14-4-3-5-15-27)26-13-8-11-24(20-26)25-12-9-16-28(21-25)37(2,33)34/h3-17,20-21,31H,18-19,22H2,1-2H3. The second kappa shape index (κ2) is 10.0. The van der Waals surface area contributed by atoms with Crippen molar-refractivity contribution >= 4 is 25.4 Å². The highest BCUT2D eigenvalue weighted by atomic mass is 32.2. The number of sulfone groups is 2. The van der Waals surface area contributed by atoms with Crippen molar-refractivity contribution in [2.24, 2.45) is 0 Å². The first-order valence-corrected chi connectivity index (χ1v) is 15.8. The monoisotopic (exact) mass is 546 g/mol. The molecule has 1 atom stereocenters. The van der Waals surface area contributed by atoms with Crippen molar-refractivity contribution in [1.29, 1.82) is 0 Å². The molecule has 6 nitrogen and oxygen atoms in total. The molecular weight excluding hydrogens is 516 g/mol. The highest BCUT2D eigenvalue weighted by molar-refractivity contribution is 7.92. The lowest BCUT2D eigenvalue weighted by Crippen LogP contribution is -2.63. The summed E-state index contributed by atoms with van der Waals surface area (Å²) in [5.41, 5.74) is 3.90. The van der Waals surface area contributed by atoms with Gasteiger partial charge in [0.15, 0.2) is 14.7 Å². The van der Waals surface area contributed by atoms with Crippen molar-refractivity contribution in [2.45, 2.75) is 21.6 Å². The highest BCUT2D eigenvalue weighted by Crippen LogP contribution is 2.44. The summed E-state index contributed by atoms with van der Waals surface area (Å²) in [6.45, 7) is 3.30. The molecule has 1 heterocycles. The minimum Gasteiger partial charge on any atom is -0.346 e. The Morgan fingerprint density at radius 3 is 2.08 bits per heavy atom.